The summed E-state index contributed by atoms with van der Waals surface area (Å²) in [5, 5.41) is 12.4. The summed E-state index contributed by atoms with van der Waals surface area (Å²) in [6, 6.07) is 8.58. The van der Waals surface area contributed by atoms with Crippen molar-refractivity contribution >= 4 is 0 Å². The molecule has 0 saturated carbocycles. The van der Waals surface area contributed by atoms with Crippen molar-refractivity contribution in [3.8, 4) is 11.8 Å². The molecule has 0 aliphatic carbocycles. The van der Waals surface area contributed by atoms with E-state index in [2.05, 4.69) is 37.4 Å². The zero-order valence-electron chi connectivity index (χ0n) is 13.1. The summed E-state index contributed by atoms with van der Waals surface area (Å²) >= 11 is 0. The molecule has 20 heavy (non-hydrogen) atoms. The van der Waals surface area contributed by atoms with Gasteiger partial charge in [0.05, 0.1) is 12.7 Å². The molecule has 110 valence electrons. The first kappa shape index (κ1) is 16.5. The average Bonchev–Trinajstić information content (AvgIpc) is 2.41. The predicted octanol–water partition coefficient (Wildman–Crippen LogP) is 3.74. The minimum atomic E-state index is -0.408. The van der Waals surface area contributed by atoms with Gasteiger partial charge in [0.2, 0.25) is 0 Å². The Labute approximate surface area is 123 Å². The van der Waals surface area contributed by atoms with Crippen LogP contribution in [0.15, 0.2) is 18.2 Å². The predicted molar refractivity (Wildman–Crippen MR) is 83.0 cm³/mol. The monoisotopic (exact) mass is 274 g/mol. The molecule has 0 heterocycles. The summed E-state index contributed by atoms with van der Waals surface area (Å²) < 4.78 is 5.80. The Morgan fingerprint density at radius 3 is 2.65 bits per heavy atom. The highest BCUT2D eigenvalue weighted by Gasteiger charge is 2.21. The van der Waals surface area contributed by atoms with Crippen LogP contribution < -0.4 is 10.1 Å². The van der Waals surface area contributed by atoms with Crippen molar-refractivity contribution in [1.29, 1.82) is 5.26 Å². The van der Waals surface area contributed by atoms with Crippen molar-refractivity contribution in [2.75, 3.05) is 13.2 Å². The lowest BCUT2D eigenvalue weighted by Crippen LogP contribution is -2.40. The van der Waals surface area contributed by atoms with Gasteiger partial charge in [-0.15, -0.1) is 0 Å². The Hall–Kier alpha value is -1.53. The molecule has 0 spiro atoms. The molecule has 1 aromatic rings. The number of aryl methyl sites for hydroxylation is 2. The van der Waals surface area contributed by atoms with Crippen molar-refractivity contribution in [1.82, 2.24) is 5.32 Å². The summed E-state index contributed by atoms with van der Waals surface area (Å²) in [6.07, 6.45) is 2.81. The molecule has 1 atom stereocenters. The van der Waals surface area contributed by atoms with Gasteiger partial charge in [0.15, 0.2) is 0 Å². The maximum Gasteiger partial charge on any atom is 0.122 e. The Morgan fingerprint density at radius 1 is 1.30 bits per heavy atom. The molecule has 1 N–H and O–H groups in total. The third-order valence-electron chi connectivity index (χ3n) is 3.47. The maximum absolute atomic E-state index is 9.17. The van der Waals surface area contributed by atoms with E-state index >= 15 is 0 Å². The van der Waals surface area contributed by atoms with Crippen molar-refractivity contribution < 1.29 is 4.74 Å². The SMILES string of the molecule is CCNC(C)(C#N)CCCCOc1ccc(C)cc1C. The summed E-state index contributed by atoms with van der Waals surface area (Å²) in [5.74, 6) is 0.963. The summed E-state index contributed by atoms with van der Waals surface area (Å²) in [4.78, 5) is 0. The fourth-order valence-electron chi connectivity index (χ4n) is 2.30. The minimum Gasteiger partial charge on any atom is -0.493 e. The molecule has 1 rings (SSSR count). The van der Waals surface area contributed by atoms with Crippen LogP contribution >= 0.6 is 0 Å². The van der Waals surface area contributed by atoms with Crippen molar-refractivity contribution in [3.63, 3.8) is 0 Å². The van der Waals surface area contributed by atoms with E-state index in [-0.39, 0.29) is 0 Å². The number of hydrogen-bond acceptors (Lipinski definition) is 3. The van der Waals surface area contributed by atoms with Gasteiger partial charge in [-0.3, -0.25) is 5.32 Å². The first-order valence-corrected chi connectivity index (χ1v) is 7.37. The van der Waals surface area contributed by atoms with E-state index < -0.39 is 5.54 Å². The first-order valence-electron chi connectivity index (χ1n) is 7.37. The van der Waals surface area contributed by atoms with Crippen molar-refractivity contribution in [2.45, 2.75) is 52.5 Å². The fraction of sp³-hybridized carbons (Fsp3) is 0.588. The smallest absolute Gasteiger partial charge is 0.122 e. The third kappa shape index (κ3) is 5.22. The largest absolute Gasteiger partial charge is 0.493 e. The van der Waals surface area contributed by atoms with E-state index in [1.165, 1.54) is 11.1 Å². The highest BCUT2D eigenvalue weighted by Crippen LogP contribution is 2.19. The topological polar surface area (TPSA) is 45.0 Å². The molecule has 0 amide bonds. The number of unbranched alkanes of at least 4 members (excludes halogenated alkanes) is 1. The molecule has 0 fully saturated rings. The standard InChI is InChI=1S/C17H26N2O/c1-5-19-17(4,13-18)10-6-7-11-20-16-9-8-14(2)12-15(16)3/h8-9,12,19H,5-7,10-11H2,1-4H3. The lowest BCUT2D eigenvalue weighted by atomic mass is 9.97. The number of hydrogen-bond donors (Lipinski definition) is 1. The van der Waals surface area contributed by atoms with Crippen LogP contribution in [0.3, 0.4) is 0 Å². The average molecular weight is 274 g/mol. The number of ether oxygens (including phenoxy) is 1. The van der Waals surface area contributed by atoms with Gasteiger partial charge < -0.3 is 4.74 Å². The van der Waals surface area contributed by atoms with Gasteiger partial charge in [-0.1, -0.05) is 24.6 Å². The lowest BCUT2D eigenvalue weighted by Gasteiger charge is -2.22. The molecule has 0 radical (unpaired) electrons. The Bertz CT molecular complexity index is 465. The van der Waals surface area contributed by atoms with Crippen LogP contribution in [0, 0.1) is 25.2 Å². The van der Waals surface area contributed by atoms with E-state index in [4.69, 9.17) is 10.00 Å². The summed E-state index contributed by atoms with van der Waals surface area (Å²) in [5.41, 5.74) is 2.03. The van der Waals surface area contributed by atoms with E-state index in [9.17, 15) is 0 Å². The second kappa shape index (κ2) is 7.91. The molecule has 0 aromatic heterocycles. The molecule has 0 aliphatic heterocycles. The maximum atomic E-state index is 9.17. The Morgan fingerprint density at radius 2 is 2.05 bits per heavy atom. The van der Waals surface area contributed by atoms with Crippen LogP contribution in [0.25, 0.3) is 0 Å². The highest BCUT2D eigenvalue weighted by molar-refractivity contribution is 5.35. The zero-order valence-corrected chi connectivity index (χ0v) is 13.1. The van der Waals surface area contributed by atoms with Crippen molar-refractivity contribution in [2.24, 2.45) is 0 Å². The molecule has 0 aliphatic rings. The van der Waals surface area contributed by atoms with Crippen LogP contribution in [-0.4, -0.2) is 18.7 Å². The quantitative estimate of drug-likeness (QED) is 0.734. The molecule has 0 saturated heterocycles. The number of nitrogens with one attached hydrogen (secondary N) is 1. The molecule has 1 unspecified atom stereocenters. The van der Waals surface area contributed by atoms with Gasteiger partial charge in [-0.05, 0) is 58.2 Å². The van der Waals surface area contributed by atoms with E-state index in [1.54, 1.807) is 0 Å². The third-order valence-corrected chi connectivity index (χ3v) is 3.47. The van der Waals surface area contributed by atoms with E-state index in [0.717, 1.165) is 31.6 Å². The number of rotatable bonds is 8. The van der Waals surface area contributed by atoms with Crippen LogP contribution in [0.5, 0.6) is 5.75 Å². The van der Waals surface area contributed by atoms with Crippen LogP contribution in [0.1, 0.15) is 44.2 Å². The number of nitriles is 1. The van der Waals surface area contributed by atoms with Gasteiger partial charge in [-0.2, -0.15) is 5.26 Å². The van der Waals surface area contributed by atoms with E-state index in [1.807, 2.05) is 19.9 Å². The zero-order chi connectivity index (χ0) is 15.0. The fourth-order valence-corrected chi connectivity index (χ4v) is 2.30. The number of benzene rings is 1. The summed E-state index contributed by atoms with van der Waals surface area (Å²) in [6.45, 7) is 9.67. The molecule has 3 heteroatoms. The molecule has 0 bridgehead atoms. The number of nitrogens with zero attached hydrogens (tertiary/aromatic N) is 1. The van der Waals surface area contributed by atoms with E-state index in [0.29, 0.717) is 6.61 Å². The van der Waals surface area contributed by atoms with Gasteiger partial charge in [0, 0.05) is 0 Å². The lowest BCUT2D eigenvalue weighted by molar-refractivity contribution is 0.294. The highest BCUT2D eigenvalue weighted by atomic mass is 16.5. The molecular formula is C17H26N2O. The Balaban J connectivity index is 2.30. The molecule has 1 aromatic carbocycles. The normalized spacial score (nSPS) is 13.6. The van der Waals surface area contributed by atoms with Gasteiger partial charge in [-0.25, -0.2) is 0 Å². The second-order valence-corrected chi connectivity index (χ2v) is 5.55. The Kier molecular flexibility index (Phi) is 6.54. The first-order chi connectivity index (χ1) is 9.50. The van der Waals surface area contributed by atoms with Crippen molar-refractivity contribution in [3.05, 3.63) is 29.3 Å². The van der Waals surface area contributed by atoms with Gasteiger partial charge in [0.1, 0.15) is 11.3 Å². The van der Waals surface area contributed by atoms with Gasteiger partial charge in [0.25, 0.3) is 0 Å². The molecule has 3 nitrogen and oxygen atoms in total. The van der Waals surface area contributed by atoms with Crippen LogP contribution in [0.4, 0.5) is 0 Å². The second-order valence-electron chi connectivity index (χ2n) is 5.55. The van der Waals surface area contributed by atoms with Crippen LogP contribution in [-0.2, 0) is 0 Å². The van der Waals surface area contributed by atoms with Gasteiger partial charge >= 0.3 is 0 Å². The summed E-state index contributed by atoms with van der Waals surface area (Å²) in [7, 11) is 0. The minimum absolute atomic E-state index is 0.408. The van der Waals surface area contributed by atoms with Crippen LogP contribution in [0.2, 0.25) is 0 Å². The molecular weight excluding hydrogens is 248 g/mol.